The molecule has 1 aromatic carbocycles. The van der Waals surface area contributed by atoms with E-state index in [0.29, 0.717) is 22.2 Å². The van der Waals surface area contributed by atoms with Gasteiger partial charge in [0.1, 0.15) is 11.3 Å². The molecule has 0 aromatic heterocycles. The number of aliphatic hydroxyl groups is 1. The fourth-order valence-electron chi connectivity index (χ4n) is 2.47. The van der Waals surface area contributed by atoms with Gasteiger partial charge in [-0.25, -0.2) is 4.79 Å². The molecule has 0 saturated carbocycles. The lowest BCUT2D eigenvalue weighted by Crippen LogP contribution is -2.25. The average Bonchev–Trinajstić information content (AvgIpc) is 2.42. The van der Waals surface area contributed by atoms with Crippen LogP contribution in [0.1, 0.15) is 25.8 Å². The Balaban J connectivity index is 2.20. The highest BCUT2D eigenvalue weighted by atomic mass is 35.5. The number of nitrogens with zero attached hydrogens (tertiary/aromatic N) is 1. The van der Waals surface area contributed by atoms with Gasteiger partial charge in [-0.15, -0.1) is 0 Å². The molecule has 1 atom stereocenters. The summed E-state index contributed by atoms with van der Waals surface area (Å²) >= 11 is 12.3. The number of carbonyl (C=O) groups is 1. The fourth-order valence-corrected chi connectivity index (χ4v) is 3.02. The van der Waals surface area contributed by atoms with Gasteiger partial charge in [-0.05, 0) is 38.0 Å². The number of carbonyl (C=O) groups excluding carboxylic acids is 1. The molecule has 2 rings (SSSR count). The molecule has 0 bridgehead atoms. The largest absolute Gasteiger partial charge is 0.511 e. The third-order valence-electron chi connectivity index (χ3n) is 3.44. The van der Waals surface area contributed by atoms with Crippen LogP contribution in [0.15, 0.2) is 34.5 Å². The van der Waals surface area contributed by atoms with Gasteiger partial charge in [0.05, 0.1) is 18.4 Å². The lowest BCUT2D eigenvalue weighted by Gasteiger charge is -2.22. The van der Waals surface area contributed by atoms with E-state index >= 15 is 0 Å². The van der Waals surface area contributed by atoms with Crippen molar-refractivity contribution in [2.24, 2.45) is 4.99 Å². The zero-order valence-electron chi connectivity index (χ0n) is 12.4. The van der Waals surface area contributed by atoms with Crippen LogP contribution < -0.4 is 0 Å². The second kappa shape index (κ2) is 7.16. The van der Waals surface area contributed by atoms with Crippen LogP contribution in [-0.2, 0) is 16.0 Å². The number of dihydropyridines is 1. The van der Waals surface area contributed by atoms with E-state index in [0.717, 1.165) is 5.56 Å². The first-order valence-electron chi connectivity index (χ1n) is 7.01. The Labute approximate surface area is 139 Å². The van der Waals surface area contributed by atoms with Gasteiger partial charge in [0, 0.05) is 16.5 Å². The van der Waals surface area contributed by atoms with E-state index in [1.54, 1.807) is 32.0 Å². The van der Waals surface area contributed by atoms with E-state index in [4.69, 9.17) is 27.9 Å². The van der Waals surface area contributed by atoms with E-state index in [9.17, 15) is 9.90 Å². The fraction of sp³-hybridized carbons (Fsp3) is 0.375. The summed E-state index contributed by atoms with van der Waals surface area (Å²) in [6.07, 6.45) is 0.753. The summed E-state index contributed by atoms with van der Waals surface area (Å²) in [7, 11) is 0. The average molecular weight is 342 g/mol. The predicted molar refractivity (Wildman–Crippen MR) is 88.0 cm³/mol. The standard InChI is InChI=1S/C16H17Cl2NO3/c1-3-22-16(21)15-9(2)19-10(8-14(15)20)7-11-12(17)5-4-6-13(11)18/h4-6,10,20H,3,7-8H2,1-2H3/t10-/m0/s1. The monoisotopic (exact) mass is 341 g/mol. The summed E-state index contributed by atoms with van der Waals surface area (Å²) in [4.78, 5) is 16.3. The van der Waals surface area contributed by atoms with E-state index in [1.165, 1.54) is 0 Å². The molecule has 22 heavy (non-hydrogen) atoms. The van der Waals surface area contributed by atoms with Crippen LogP contribution in [0.2, 0.25) is 10.0 Å². The first-order chi connectivity index (χ1) is 10.4. The summed E-state index contributed by atoms with van der Waals surface area (Å²) < 4.78 is 4.93. The molecule has 0 radical (unpaired) electrons. The third kappa shape index (κ3) is 3.62. The lowest BCUT2D eigenvalue weighted by molar-refractivity contribution is -0.138. The maximum atomic E-state index is 11.8. The molecule has 0 unspecified atom stereocenters. The van der Waals surface area contributed by atoms with Crippen LogP contribution in [0.3, 0.4) is 0 Å². The molecular weight excluding hydrogens is 325 g/mol. The van der Waals surface area contributed by atoms with Crippen molar-refractivity contribution < 1.29 is 14.6 Å². The summed E-state index contributed by atoms with van der Waals surface area (Å²) in [6.45, 7) is 3.65. The Morgan fingerprint density at radius 1 is 1.41 bits per heavy atom. The topological polar surface area (TPSA) is 58.9 Å². The molecule has 4 nitrogen and oxygen atoms in total. The van der Waals surface area contributed by atoms with Gasteiger partial charge in [-0.1, -0.05) is 29.3 Å². The first-order valence-corrected chi connectivity index (χ1v) is 7.76. The second-order valence-corrected chi connectivity index (χ2v) is 5.83. The van der Waals surface area contributed by atoms with E-state index < -0.39 is 5.97 Å². The minimum Gasteiger partial charge on any atom is -0.511 e. The van der Waals surface area contributed by atoms with Gasteiger partial charge >= 0.3 is 5.97 Å². The number of aliphatic hydroxyl groups excluding tert-OH is 1. The number of benzene rings is 1. The van der Waals surface area contributed by atoms with Crippen LogP contribution in [0.25, 0.3) is 0 Å². The highest BCUT2D eigenvalue weighted by Gasteiger charge is 2.27. The zero-order chi connectivity index (χ0) is 16.3. The number of rotatable bonds is 4. The highest BCUT2D eigenvalue weighted by Crippen LogP contribution is 2.29. The van der Waals surface area contributed by atoms with Crippen molar-refractivity contribution in [2.75, 3.05) is 6.61 Å². The van der Waals surface area contributed by atoms with Crippen molar-refractivity contribution >= 4 is 34.9 Å². The van der Waals surface area contributed by atoms with Gasteiger partial charge in [0.15, 0.2) is 0 Å². The van der Waals surface area contributed by atoms with Gasteiger partial charge < -0.3 is 9.84 Å². The maximum absolute atomic E-state index is 11.8. The minimum absolute atomic E-state index is 0.000809. The first kappa shape index (κ1) is 16.8. The third-order valence-corrected chi connectivity index (χ3v) is 4.14. The Morgan fingerprint density at radius 2 is 2.05 bits per heavy atom. The normalized spacial score (nSPS) is 18.2. The number of hydrogen-bond donors (Lipinski definition) is 1. The van der Waals surface area contributed by atoms with Crippen molar-refractivity contribution in [3.05, 3.63) is 45.1 Å². The van der Waals surface area contributed by atoms with Gasteiger partial charge in [-0.3, -0.25) is 4.99 Å². The summed E-state index contributed by atoms with van der Waals surface area (Å²) in [5.41, 5.74) is 1.42. The molecule has 0 saturated heterocycles. The molecule has 0 spiro atoms. The van der Waals surface area contributed by atoms with E-state index in [1.807, 2.05) is 0 Å². The Kier molecular flexibility index (Phi) is 5.48. The smallest absolute Gasteiger partial charge is 0.343 e. The molecule has 0 amide bonds. The Hall–Kier alpha value is -1.52. The number of ether oxygens (including phenoxy) is 1. The summed E-state index contributed by atoms with van der Waals surface area (Å²) in [5, 5.41) is 11.3. The van der Waals surface area contributed by atoms with E-state index in [-0.39, 0.29) is 30.4 Å². The molecule has 1 aromatic rings. The van der Waals surface area contributed by atoms with E-state index in [2.05, 4.69) is 4.99 Å². The minimum atomic E-state index is -0.546. The Bertz CT molecular complexity index is 633. The van der Waals surface area contributed by atoms with Crippen LogP contribution in [0.5, 0.6) is 0 Å². The summed E-state index contributed by atoms with van der Waals surface area (Å²) in [6, 6.07) is 5.10. The number of halogens is 2. The number of esters is 1. The van der Waals surface area contributed by atoms with Gasteiger partial charge in [-0.2, -0.15) is 0 Å². The van der Waals surface area contributed by atoms with Crippen molar-refractivity contribution in [1.29, 1.82) is 0 Å². The number of aliphatic imine (C=N–C) groups is 1. The molecule has 0 aliphatic carbocycles. The quantitative estimate of drug-likeness (QED) is 0.837. The van der Waals surface area contributed by atoms with Crippen molar-refractivity contribution in [1.82, 2.24) is 0 Å². The van der Waals surface area contributed by atoms with Crippen LogP contribution in [-0.4, -0.2) is 29.4 Å². The lowest BCUT2D eigenvalue weighted by atomic mass is 9.96. The summed E-state index contributed by atoms with van der Waals surface area (Å²) in [5.74, 6) is -0.547. The molecule has 1 aliphatic rings. The second-order valence-electron chi connectivity index (χ2n) is 5.02. The molecule has 0 fully saturated rings. The molecule has 1 N–H and O–H groups in total. The van der Waals surface area contributed by atoms with Crippen molar-refractivity contribution in [2.45, 2.75) is 32.7 Å². The van der Waals surface area contributed by atoms with Crippen LogP contribution >= 0.6 is 23.2 Å². The molecular formula is C16H17Cl2NO3. The highest BCUT2D eigenvalue weighted by molar-refractivity contribution is 6.36. The van der Waals surface area contributed by atoms with Gasteiger partial charge in [0.25, 0.3) is 0 Å². The van der Waals surface area contributed by atoms with Crippen LogP contribution in [0, 0.1) is 0 Å². The molecule has 6 heteroatoms. The number of hydrogen-bond acceptors (Lipinski definition) is 4. The Morgan fingerprint density at radius 3 is 2.59 bits per heavy atom. The zero-order valence-corrected chi connectivity index (χ0v) is 13.9. The van der Waals surface area contributed by atoms with Crippen molar-refractivity contribution in [3.8, 4) is 0 Å². The molecule has 1 aliphatic heterocycles. The van der Waals surface area contributed by atoms with Gasteiger partial charge in [0.2, 0.25) is 0 Å². The predicted octanol–water partition coefficient (Wildman–Crippen LogP) is 4.14. The van der Waals surface area contributed by atoms with Crippen molar-refractivity contribution in [3.63, 3.8) is 0 Å². The SMILES string of the molecule is CCOC(=O)C1=C(O)C[C@H](Cc2c(Cl)cccc2Cl)N=C1C. The maximum Gasteiger partial charge on any atom is 0.343 e. The van der Waals surface area contributed by atoms with Crippen LogP contribution in [0.4, 0.5) is 0 Å². The molecule has 1 heterocycles. The molecule has 118 valence electrons.